The lowest BCUT2D eigenvalue weighted by Crippen LogP contribution is -2.57. The zero-order valence-corrected chi connectivity index (χ0v) is 17.4. The van der Waals surface area contributed by atoms with Gasteiger partial charge in [0.15, 0.2) is 11.5 Å². The Morgan fingerprint density at radius 2 is 1.77 bits per heavy atom. The maximum Gasteiger partial charge on any atom is 0.573 e. The third-order valence-electron chi connectivity index (χ3n) is 4.46. The highest BCUT2D eigenvalue weighted by Crippen LogP contribution is 2.38. The standard InChI is InChI=1S/C22H24F3NO5/c1-21(2,3)31-20(28)26-11-16(12-26)29-19-10-14(8-9-18(19)30-22(23,24)25)17-7-5-4-6-15(17)13-27/h4-10,16,27H,11-13H2,1-3H3. The first-order valence-corrected chi connectivity index (χ1v) is 9.69. The molecule has 2 aromatic rings. The van der Waals surface area contributed by atoms with Crippen LogP contribution in [0.1, 0.15) is 26.3 Å². The normalized spacial score (nSPS) is 14.7. The molecule has 6 nitrogen and oxygen atoms in total. The number of carbonyl (C=O) groups excluding carboxylic acids is 1. The van der Waals surface area contributed by atoms with Crippen molar-refractivity contribution in [1.29, 1.82) is 0 Å². The fourth-order valence-electron chi connectivity index (χ4n) is 3.08. The van der Waals surface area contributed by atoms with Crippen LogP contribution in [0.2, 0.25) is 0 Å². The maximum atomic E-state index is 12.8. The smallest absolute Gasteiger partial charge is 0.483 e. The van der Waals surface area contributed by atoms with E-state index in [2.05, 4.69) is 4.74 Å². The average Bonchev–Trinajstić information content (AvgIpc) is 2.62. The van der Waals surface area contributed by atoms with E-state index in [4.69, 9.17) is 9.47 Å². The van der Waals surface area contributed by atoms with Crippen LogP contribution in [0.25, 0.3) is 11.1 Å². The Labute approximate surface area is 178 Å². The van der Waals surface area contributed by atoms with Gasteiger partial charge in [-0.15, -0.1) is 13.2 Å². The van der Waals surface area contributed by atoms with Crippen LogP contribution in [0.3, 0.4) is 0 Å². The highest BCUT2D eigenvalue weighted by Gasteiger charge is 2.37. The van der Waals surface area contributed by atoms with Crippen molar-refractivity contribution < 1.29 is 37.3 Å². The van der Waals surface area contributed by atoms with Gasteiger partial charge < -0.3 is 24.2 Å². The Morgan fingerprint density at radius 1 is 1.10 bits per heavy atom. The van der Waals surface area contributed by atoms with Crippen LogP contribution in [-0.4, -0.2) is 47.3 Å². The molecule has 1 amide bonds. The van der Waals surface area contributed by atoms with Gasteiger partial charge in [0.1, 0.15) is 11.7 Å². The van der Waals surface area contributed by atoms with Crippen molar-refractivity contribution in [2.24, 2.45) is 0 Å². The van der Waals surface area contributed by atoms with Gasteiger partial charge in [-0.1, -0.05) is 30.3 Å². The molecule has 1 aliphatic rings. The first-order chi connectivity index (χ1) is 14.4. The molecule has 0 saturated carbocycles. The number of halogens is 3. The lowest BCUT2D eigenvalue weighted by molar-refractivity contribution is -0.275. The minimum Gasteiger partial charge on any atom is -0.483 e. The number of carbonyl (C=O) groups is 1. The molecule has 0 aliphatic carbocycles. The molecule has 3 rings (SSSR count). The molecule has 0 spiro atoms. The summed E-state index contributed by atoms with van der Waals surface area (Å²) in [5.74, 6) is -0.579. The van der Waals surface area contributed by atoms with Gasteiger partial charge in [0.25, 0.3) is 0 Å². The molecular formula is C22H24F3NO5. The lowest BCUT2D eigenvalue weighted by atomic mass is 9.99. The second kappa shape index (κ2) is 8.66. The monoisotopic (exact) mass is 439 g/mol. The van der Waals surface area contributed by atoms with E-state index in [0.717, 1.165) is 0 Å². The van der Waals surface area contributed by atoms with Gasteiger partial charge in [-0.2, -0.15) is 0 Å². The largest absolute Gasteiger partial charge is 0.573 e. The second-order valence-corrected chi connectivity index (χ2v) is 8.15. The van der Waals surface area contributed by atoms with Crippen molar-refractivity contribution in [2.75, 3.05) is 13.1 Å². The Balaban J connectivity index is 1.80. The van der Waals surface area contributed by atoms with Crippen LogP contribution in [0.5, 0.6) is 11.5 Å². The number of nitrogens with zero attached hydrogens (tertiary/aromatic N) is 1. The van der Waals surface area contributed by atoms with Crippen LogP contribution in [0, 0.1) is 0 Å². The maximum absolute atomic E-state index is 12.8. The number of amides is 1. The molecule has 0 atom stereocenters. The van der Waals surface area contributed by atoms with Gasteiger partial charge in [-0.3, -0.25) is 0 Å². The first-order valence-electron chi connectivity index (χ1n) is 9.69. The molecule has 9 heteroatoms. The van der Waals surface area contributed by atoms with E-state index < -0.39 is 29.9 Å². The van der Waals surface area contributed by atoms with Crippen molar-refractivity contribution in [1.82, 2.24) is 4.90 Å². The van der Waals surface area contributed by atoms with Crippen LogP contribution in [0.4, 0.5) is 18.0 Å². The lowest BCUT2D eigenvalue weighted by Gasteiger charge is -2.39. The number of rotatable bonds is 5. The van der Waals surface area contributed by atoms with Crippen LogP contribution in [-0.2, 0) is 11.3 Å². The minimum absolute atomic E-state index is 0.101. The van der Waals surface area contributed by atoms with Crippen molar-refractivity contribution in [3.05, 3.63) is 48.0 Å². The van der Waals surface area contributed by atoms with Crippen LogP contribution in [0.15, 0.2) is 42.5 Å². The summed E-state index contributed by atoms with van der Waals surface area (Å²) in [4.78, 5) is 13.5. The summed E-state index contributed by atoms with van der Waals surface area (Å²) >= 11 is 0. The average molecular weight is 439 g/mol. The predicted molar refractivity (Wildman–Crippen MR) is 107 cm³/mol. The third-order valence-corrected chi connectivity index (χ3v) is 4.46. The van der Waals surface area contributed by atoms with E-state index in [-0.39, 0.29) is 25.4 Å². The number of hydrogen-bond acceptors (Lipinski definition) is 5. The van der Waals surface area contributed by atoms with Crippen LogP contribution >= 0.6 is 0 Å². The van der Waals surface area contributed by atoms with Gasteiger partial charge in [-0.05, 0) is 49.6 Å². The fourth-order valence-corrected chi connectivity index (χ4v) is 3.08. The first kappa shape index (κ1) is 22.7. The zero-order chi connectivity index (χ0) is 22.8. The number of aliphatic hydroxyl groups excluding tert-OH is 1. The molecule has 0 radical (unpaired) electrons. The van der Waals surface area contributed by atoms with E-state index in [0.29, 0.717) is 16.7 Å². The molecule has 1 aliphatic heterocycles. The third kappa shape index (κ3) is 6.04. The zero-order valence-electron chi connectivity index (χ0n) is 17.4. The molecule has 1 N–H and O–H groups in total. The fraction of sp³-hybridized carbons (Fsp3) is 0.409. The SMILES string of the molecule is CC(C)(C)OC(=O)N1CC(Oc2cc(-c3ccccc3CO)ccc2OC(F)(F)F)C1. The predicted octanol–water partition coefficient (Wildman–Crippen LogP) is 4.74. The van der Waals surface area contributed by atoms with E-state index >= 15 is 0 Å². The summed E-state index contributed by atoms with van der Waals surface area (Å²) in [6.45, 7) is 5.37. The molecule has 31 heavy (non-hydrogen) atoms. The number of aliphatic hydroxyl groups is 1. The summed E-state index contributed by atoms with van der Waals surface area (Å²) in [5.41, 5.74) is 1.21. The van der Waals surface area contributed by atoms with E-state index in [1.807, 2.05) is 0 Å². The second-order valence-electron chi connectivity index (χ2n) is 8.15. The summed E-state index contributed by atoms with van der Waals surface area (Å²) in [6.07, 6.45) is -5.90. The Hall–Kier alpha value is -2.94. The summed E-state index contributed by atoms with van der Waals surface area (Å²) in [7, 11) is 0. The summed E-state index contributed by atoms with van der Waals surface area (Å²) < 4.78 is 53.6. The topological polar surface area (TPSA) is 68.2 Å². The number of hydrogen-bond donors (Lipinski definition) is 1. The summed E-state index contributed by atoms with van der Waals surface area (Å²) in [5, 5.41) is 9.56. The van der Waals surface area contributed by atoms with Gasteiger partial charge in [0.2, 0.25) is 0 Å². The highest BCUT2D eigenvalue weighted by molar-refractivity contribution is 5.71. The number of likely N-dealkylation sites (tertiary alicyclic amines) is 1. The molecule has 168 valence electrons. The number of benzene rings is 2. The van der Waals surface area contributed by atoms with Crippen LogP contribution < -0.4 is 9.47 Å². The van der Waals surface area contributed by atoms with E-state index in [1.54, 1.807) is 45.0 Å². The Bertz CT molecular complexity index is 933. The Morgan fingerprint density at radius 3 is 2.39 bits per heavy atom. The number of ether oxygens (including phenoxy) is 3. The van der Waals surface area contributed by atoms with Crippen molar-refractivity contribution in [3.8, 4) is 22.6 Å². The molecule has 1 fully saturated rings. The Kier molecular flexibility index (Phi) is 6.35. The van der Waals surface area contributed by atoms with Gasteiger partial charge >= 0.3 is 12.5 Å². The van der Waals surface area contributed by atoms with E-state index in [9.17, 15) is 23.1 Å². The number of alkyl halides is 3. The van der Waals surface area contributed by atoms with Gasteiger partial charge in [0, 0.05) is 0 Å². The minimum atomic E-state index is -4.88. The van der Waals surface area contributed by atoms with Crippen molar-refractivity contribution in [3.63, 3.8) is 0 Å². The van der Waals surface area contributed by atoms with Gasteiger partial charge in [-0.25, -0.2) is 4.79 Å². The molecular weight excluding hydrogens is 415 g/mol. The molecule has 0 bridgehead atoms. The van der Waals surface area contributed by atoms with Gasteiger partial charge in [0.05, 0.1) is 19.7 Å². The quantitative estimate of drug-likeness (QED) is 0.729. The highest BCUT2D eigenvalue weighted by atomic mass is 19.4. The summed E-state index contributed by atoms with van der Waals surface area (Å²) in [6, 6.07) is 11.1. The van der Waals surface area contributed by atoms with Crippen molar-refractivity contribution in [2.45, 2.75) is 45.4 Å². The van der Waals surface area contributed by atoms with Crippen molar-refractivity contribution >= 4 is 6.09 Å². The molecule has 1 heterocycles. The molecule has 2 aromatic carbocycles. The molecule has 0 aromatic heterocycles. The molecule has 1 saturated heterocycles. The van der Waals surface area contributed by atoms with E-state index in [1.165, 1.54) is 23.1 Å². The molecule has 0 unspecified atom stereocenters.